The van der Waals surface area contributed by atoms with Gasteiger partial charge in [0.25, 0.3) is 0 Å². The third-order valence-electron chi connectivity index (χ3n) is 17.7. The van der Waals surface area contributed by atoms with Crippen molar-refractivity contribution in [3.63, 3.8) is 0 Å². The average molecular weight is 1060 g/mol. The van der Waals surface area contributed by atoms with E-state index >= 15 is 0 Å². The highest BCUT2D eigenvalue weighted by molar-refractivity contribution is 6.33. The summed E-state index contributed by atoms with van der Waals surface area (Å²) in [6.07, 6.45) is 1.78. The molecule has 0 fully saturated rings. The van der Waals surface area contributed by atoms with E-state index in [-0.39, 0.29) is 10.8 Å². The number of rotatable bonds is 10. The number of aromatic nitrogens is 2. The van der Waals surface area contributed by atoms with Crippen LogP contribution < -0.4 is 9.80 Å². The molecule has 11 aromatic carbocycles. The highest BCUT2D eigenvalue weighted by atomic mass is 15.2. The van der Waals surface area contributed by atoms with Gasteiger partial charge in [0.15, 0.2) is 0 Å². The molecule has 4 heteroatoms. The van der Waals surface area contributed by atoms with Crippen molar-refractivity contribution in [2.45, 2.75) is 79.1 Å². The van der Waals surface area contributed by atoms with Crippen LogP contribution in [-0.4, -0.2) is 8.80 Å². The lowest BCUT2D eigenvalue weighted by atomic mass is 9.85. The number of nitrogens with zero attached hydrogens (tertiary/aromatic N) is 4. The van der Waals surface area contributed by atoms with Crippen molar-refractivity contribution in [1.82, 2.24) is 8.80 Å². The molecule has 15 rings (SSSR count). The first-order chi connectivity index (χ1) is 39.9. The first-order valence-corrected chi connectivity index (χ1v) is 29.4. The topological polar surface area (TPSA) is 15.3 Å². The standard InChI is InChI=1S/C78H66N4/c1-9-49-31-23-37-55(51-27-15-11-16-28-51)71(49)79(53-33-19-13-20-34-53)65-45-43-57-61-47-68-62(48-67(61)81-73-59(69(65)75(57)81)39-25-41-63(73)77(3,4)5)58-44-46-66(70-60-40-26-42-64(78(6,7)8)74(60)82(68)76(58)70)80(54-35-21-14-22-36-54)72-50(10-2)32-24-38-56(72)52-29-17-12-18-30-52/h11-48H,9-10H2,1-8H3. The van der Waals surface area contributed by atoms with Gasteiger partial charge in [-0.1, -0.05) is 237 Å². The maximum absolute atomic E-state index is 2.66. The van der Waals surface area contributed by atoms with E-state index in [9.17, 15) is 0 Å². The minimum Gasteiger partial charge on any atom is -0.309 e. The van der Waals surface area contributed by atoms with Crippen LogP contribution in [0.3, 0.4) is 0 Å². The van der Waals surface area contributed by atoms with Crippen LogP contribution in [0.15, 0.2) is 231 Å². The first kappa shape index (κ1) is 49.6. The molecular formula is C78H66N4. The Labute approximate surface area is 480 Å². The minimum absolute atomic E-state index is 0.147. The summed E-state index contributed by atoms with van der Waals surface area (Å²) in [4.78, 5) is 5.14. The number of anilines is 6. The van der Waals surface area contributed by atoms with Crippen LogP contribution in [-0.2, 0) is 23.7 Å². The van der Waals surface area contributed by atoms with E-state index in [1.54, 1.807) is 0 Å². The van der Waals surface area contributed by atoms with Crippen molar-refractivity contribution >= 4 is 110 Å². The zero-order chi connectivity index (χ0) is 55.8. The molecule has 0 atom stereocenters. The lowest BCUT2D eigenvalue weighted by Crippen LogP contribution is -2.14. The summed E-state index contributed by atoms with van der Waals surface area (Å²) in [6.45, 7) is 18.8. The summed E-state index contributed by atoms with van der Waals surface area (Å²) in [5.41, 5.74) is 24.4. The number of fused-ring (bicyclic) bond motifs is 12. The fourth-order valence-electron chi connectivity index (χ4n) is 14.1. The molecular weight excluding hydrogens is 993 g/mol. The number of hydrogen-bond donors (Lipinski definition) is 0. The van der Waals surface area contributed by atoms with Crippen LogP contribution in [0.2, 0.25) is 0 Å². The van der Waals surface area contributed by atoms with E-state index in [2.05, 4.69) is 305 Å². The number of hydrogen-bond acceptors (Lipinski definition) is 2. The Balaban J connectivity index is 1.08. The van der Waals surface area contributed by atoms with Gasteiger partial charge in [0, 0.05) is 65.6 Å². The summed E-state index contributed by atoms with van der Waals surface area (Å²) >= 11 is 0. The molecule has 0 unspecified atom stereocenters. The van der Waals surface area contributed by atoms with Crippen molar-refractivity contribution in [2.75, 3.05) is 9.80 Å². The number of aryl methyl sites for hydroxylation is 2. The number of benzene rings is 11. The van der Waals surface area contributed by atoms with E-state index in [4.69, 9.17) is 0 Å². The molecule has 4 heterocycles. The Morgan fingerprint density at radius 3 is 1.06 bits per heavy atom. The quantitative estimate of drug-likeness (QED) is 0.136. The van der Waals surface area contributed by atoms with Gasteiger partial charge < -0.3 is 18.6 Å². The van der Waals surface area contributed by atoms with Crippen molar-refractivity contribution in [1.29, 1.82) is 0 Å². The smallest absolute Gasteiger partial charge is 0.0641 e. The van der Waals surface area contributed by atoms with Gasteiger partial charge in [-0.25, -0.2) is 0 Å². The van der Waals surface area contributed by atoms with E-state index in [1.165, 1.54) is 143 Å². The third-order valence-corrected chi connectivity index (χ3v) is 17.7. The summed E-state index contributed by atoms with van der Waals surface area (Å²) < 4.78 is 5.32. The largest absolute Gasteiger partial charge is 0.309 e. The Bertz CT molecular complexity index is 4620. The molecule has 0 saturated heterocycles. The van der Waals surface area contributed by atoms with Crippen LogP contribution in [0.1, 0.15) is 77.6 Å². The predicted molar refractivity (Wildman–Crippen MR) is 352 cm³/mol. The second-order valence-corrected chi connectivity index (χ2v) is 24.6. The van der Waals surface area contributed by atoms with Gasteiger partial charge in [0.05, 0.1) is 55.8 Å². The molecule has 82 heavy (non-hydrogen) atoms. The molecule has 0 N–H and O–H groups in total. The van der Waals surface area contributed by atoms with Crippen LogP contribution in [0, 0.1) is 0 Å². The maximum Gasteiger partial charge on any atom is 0.0641 e. The summed E-state index contributed by atoms with van der Waals surface area (Å²) in [7, 11) is 0. The van der Waals surface area contributed by atoms with Gasteiger partial charge in [-0.15, -0.1) is 0 Å². The summed E-state index contributed by atoms with van der Waals surface area (Å²) in [5, 5.41) is 10.1. The van der Waals surface area contributed by atoms with Gasteiger partial charge in [0.2, 0.25) is 0 Å². The minimum atomic E-state index is -0.147. The van der Waals surface area contributed by atoms with Crippen molar-refractivity contribution in [2.24, 2.45) is 0 Å². The maximum atomic E-state index is 2.66. The molecule has 4 nitrogen and oxygen atoms in total. The van der Waals surface area contributed by atoms with Crippen molar-refractivity contribution in [3.8, 4) is 22.3 Å². The van der Waals surface area contributed by atoms with Crippen molar-refractivity contribution < 1.29 is 0 Å². The van der Waals surface area contributed by atoms with E-state index in [1.807, 2.05) is 0 Å². The molecule has 0 saturated carbocycles. The Morgan fingerprint density at radius 2 is 0.695 bits per heavy atom. The molecule has 0 aliphatic heterocycles. The molecule has 0 spiro atoms. The first-order valence-electron chi connectivity index (χ1n) is 29.4. The van der Waals surface area contributed by atoms with Gasteiger partial charge >= 0.3 is 0 Å². The van der Waals surface area contributed by atoms with E-state index in [0.717, 1.165) is 24.2 Å². The number of para-hydroxylation sites is 6. The predicted octanol–water partition coefficient (Wildman–Crippen LogP) is 22.0. The molecule has 4 aromatic heterocycles. The molecule has 0 amide bonds. The zero-order valence-electron chi connectivity index (χ0n) is 48.1. The van der Waals surface area contributed by atoms with Gasteiger partial charge in [-0.2, -0.15) is 0 Å². The van der Waals surface area contributed by atoms with Crippen LogP contribution in [0.5, 0.6) is 0 Å². The lowest BCUT2D eigenvalue weighted by Gasteiger charge is -2.31. The zero-order valence-corrected chi connectivity index (χ0v) is 48.1. The monoisotopic (exact) mass is 1060 g/mol. The fraction of sp³-hybridized carbons (Fsp3) is 0.154. The highest BCUT2D eigenvalue weighted by Crippen LogP contribution is 2.55. The van der Waals surface area contributed by atoms with Crippen LogP contribution in [0.4, 0.5) is 34.1 Å². The van der Waals surface area contributed by atoms with Gasteiger partial charge in [-0.05, 0) is 106 Å². The molecule has 398 valence electrons. The van der Waals surface area contributed by atoms with Crippen LogP contribution >= 0.6 is 0 Å². The third kappa shape index (κ3) is 7.29. The lowest BCUT2D eigenvalue weighted by molar-refractivity contribution is 0.594. The van der Waals surface area contributed by atoms with Crippen LogP contribution in [0.25, 0.3) is 98.4 Å². The second-order valence-electron chi connectivity index (χ2n) is 24.6. The average Bonchev–Trinajstić information content (AvgIpc) is 1.69. The van der Waals surface area contributed by atoms with E-state index < -0.39 is 0 Å². The van der Waals surface area contributed by atoms with Gasteiger partial charge in [-0.3, -0.25) is 0 Å². The Morgan fingerprint density at radius 1 is 0.329 bits per heavy atom. The molecule has 0 bridgehead atoms. The summed E-state index contributed by atoms with van der Waals surface area (Å²) in [5.74, 6) is 0. The highest BCUT2D eigenvalue weighted by Gasteiger charge is 2.33. The summed E-state index contributed by atoms with van der Waals surface area (Å²) in [6, 6.07) is 86.6. The SMILES string of the molecule is CCc1cccc(-c2ccccc2)c1N(c1ccccc1)c1ccc2c3cc4c(cc3n3c5c(C(C)(C)C)cccc5c1c23)c1ccc(N(c2ccccc2)c2c(CC)cccc2-c2ccccc2)c2c3cccc(C(C)(C)C)c3n4c12. The molecule has 0 aliphatic carbocycles. The second kappa shape index (κ2) is 18.6. The van der Waals surface area contributed by atoms with Crippen molar-refractivity contribution in [3.05, 3.63) is 253 Å². The van der Waals surface area contributed by atoms with Gasteiger partial charge in [0.1, 0.15) is 0 Å². The normalized spacial score (nSPS) is 12.5. The molecule has 0 radical (unpaired) electrons. The fourth-order valence-corrected chi connectivity index (χ4v) is 14.1. The Hall–Kier alpha value is -9.38. The molecule has 15 aromatic rings. The van der Waals surface area contributed by atoms with E-state index in [0.29, 0.717) is 0 Å². The Kier molecular flexibility index (Phi) is 11.3. The molecule has 0 aliphatic rings.